The lowest BCUT2D eigenvalue weighted by atomic mass is 10.2. The van der Waals surface area contributed by atoms with E-state index in [1.54, 1.807) is 18.2 Å². The normalized spacial score (nSPS) is 17.1. The van der Waals surface area contributed by atoms with Crippen LogP contribution in [0, 0.1) is 0 Å². The number of aromatic nitrogens is 2. The van der Waals surface area contributed by atoms with E-state index in [2.05, 4.69) is 15.3 Å². The Bertz CT molecular complexity index is 901. The van der Waals surface area contributed by atoms with Crippen LogP contribution in [0.4, 0.5) is 18.9 Å². The van der Waals surface area contributed by atoms with Crippen molar-refractivity contribution in [3.8, 4) is 11.5 Å². The molecule has 1 aliphatic heterocycles. The highest BCUT2D eigenvalue weighted by molar-refractivity contribution is 7.99. The molecule has 2 heterocycles. The van der Waals surface area contributed by atoms with Gasteiger partial charge in [0.05, 0.1) is 5.75 Å². The van der Waals surface area contributed by atoms with E-state index in [0.29, 0.717) is 17.2 Å². The van der Waals surface area contributed by atoms with Gasteiger partial charge in [0.1, 0.15) is 5.69 Å². The van der Waals surface area contributed by atoms with Crippen molar-refractivity contribution in [2.24, 2.45) is 0 Å². The van der Waals surface area contributed by atoms with Crippen LogP contribution in [0.15, 0.2) is 35.6 Å². The smallest absolute Gasteiger partial charge is 0.433 e. The van der Waals surface area contributed by atoms with Crippen LogP contribution in [-0.4, -0.2) is 27.4 Å². The van der Waals surface area contributed by atoms with Crippen molar-refractivity contribution in [1.82, 2.24) is 9.97 Å². The summed E-state index contributed by atoms with van der Waals surface area (Å²) in [6.07, 6.45) is 0.225. The van der Waals surface area contributed by atoms with Gasteiger partial charge in [0.15, 0.2) is 16.7 Å². The molecule has 10 heteroatoms. The predicted molar refractivity (Wildman–Crippen MR) is 95.3 cm³/mol. The maximum Gasteiger partial charge on any atom is 0.433 e. The molecule has 1 fully saturated rings. The average molecular weight is 411 g/mol. The molecular weight excluding hydrogens is 395 g/mol. The molecule has 4 rings (SSSR count). The van der Waals surface area contributed by atoms with Crippen molar-refractivity contribution in [3.63, 3.8) is 0 Å². The third kappa shape index (κ3) is 4.01. The summed E-state index contributed by atoms with van der Waals surface area (Å²) in [7, 11) is 0. The van der Waals surface area contributed by atoms with E-state index in [1.165, 1.54) is 0 Å². The number of anilines is 1. The number of hydrogen-bond acceptors (Lipinski definition) is 6. The summed E-state index contributed by atoms with van der Waals surface area (Å²) in [4.78, 5) is 19.3. The SMILES string of the molecule is O=C(CSc1nccc(C(F)(F)F)n1)Nc1ccc2c(c1)OC1(CCCC1)O2. The van der Waals surface area contributed by atoms with Gasteiger partial charge in [-0.3, -0.25) is 4.79 Å². The van der Waals surface area contributed by atoms with E-state index in [0.717, 1.165) is 49.7 Å². The number of nitrogens with zero attached hydrogens (tertiary/aromatic N) is 2. The maximum absolute atomic E-state index is 12.7. The summed E-state index contributed by atoms with van der Waals surface area (Å²) in [6, 6.07) is 5.90. The molecule has 1 amide bonds. The lowest BCUT2D eigenvalue weighted by molar-refractivity contribution is -0.141. The fourth-order valence-electron chi connectivity index (χ4n) is 3.18. The molecule has 1 saturated carbocycles. The van der Waals surface area contributed by atoms with Crippen LogP contribution in [0.25, 0.3) is 0 Å². The number of ether oxygens (including phenoxy) is 2. The minimum absolute atomic E-state index is 0.112. The largest absolute Gasteiger partial charge is 0.448 e. The Hall–Kier alpha value is -2.49. The number of hydrogen-bond donors (Lipinski definition) is 1. The minimum Gasteiger partial charge on any atom is -0.448 e. The summed E-state index contributed by atoms with van der Waals surface area (Å²) in [5.74, 6) is 0.127. The van der Waals surface area contributed by atoms with Crippen LogP contribution in [0.1, 0.15) is 31.4 Å². The van der Waals surface area contributed by atoms with Gasteiger partial charge < -0.3 is 14.8 Å². The first kappa shape index (κ1) is 18.9. The molecule has 6 nitrogen and oxygen atoms in total. The second kappa shape index (κ2) is 7.16. The first-order valence-electron chi connectivity index (χ1n) is 8.68. The van der Waals surface area contributed by atoms with E-state index in [4.69, 9.17) is 9.47 Å². The number of rotatable bonds is 4. The Morgan fingerprint density at radius 1 is 1.18 bits per heavy atom. The molecule has 28 heavy (non-hydrogen) atoms. The molecule has 1 aliphatic carbocycles. The highest BCUT2D eigenvalue weighted by Gasteiger charge is 2.44. The van der Waals surface area contributed by atoms with Crippen molar-refractivity contribution in [2.45, 2.75) is 42.8 Å². The monoisotopic (exact) mass is 411 g/mol. The molecule has 1 N–H and O–H groups in total. The van der Waals surface area contributed by atoms with E-state index in [1.807, 2.05) is 0 Å². The van der Waals surface area contributed by atoms with Crippen LogP contribution >= 0.6 is 11.8 Å². The van der Waals surface area contributed by atoms with Gasteiger partial charge in [-0.2, -0.15) is 13.2 Å². The van der Waals surface area contributed by atoms with Gasteiger partial charge in [-0.15, -0.1) is 0 Å². The summed E-state index contributed by atoms with van der Waals surface area (Å²) in [5.41, 5.74) is -0.519. The first-order chi connectivity index (χ1) is 13.3. The molecule has 0 saturated heterocycles. The third-order valence-corrected chi connectivity index (χ3v) is 5.30. The molecule has 1 aromatic heterocycles. The van der Waals surface area contributed by atoms with Crippen LogP contribution in [0.3, 0.4) is 0 Å². The zero-order valence-electron chi connectivity index (χ0n) is 14.6. The number of thioether (sulfide) groups is 1. The molecule has 2 aromatic rings. The molecule has 0 radical (unpaired) electrons. The first-order valence-corrected chi connectivity index (χ1v) is 9.67. The van der Waals surface area contributed by atoms with Crippen molar-refractivity contribution in [1.29, 1.82) is 0 Å². The van der Waals surface area contributed by atoms with Crippen molar-refractivity contribution < 1.29 is 27.4 Å². The fourth-order valence-corrected chi connectivity index (χ4v) is 3.82. The Labute approximate surface area is 162 Å². The van der Waals surface area contributed by atoms with Crippen LogP contribution < -0.4 is 14.8 Å². The number of alkyl halides is 3. The number of benzene rings is 1. The van der Waals surface area contributed by atoms with Gasteiger partial charge in [0.2, 0.25) is 5.91 Å². The summed E-state index contributed by atoms with van der Waals surface area (Å²) >= 11 is 0.829. The topological polar surface area (TPSA) is 73.3 Å². The highest BCUT2D eigenvalue weighted by Crippen LogP contribution is 2.47. The van der Waals surface area contributed by atoms with Gasteiger partial charge in [-0.1, -0.05) is 11.8 Å². The lowest BCUT2D eigenvalue weighted by Crippen LogP contribution is -2.34. The predicted octanol–water partition coefficient (Wildman–Crippen LogP) is 4.27. The lowest BCUT2D eigenvalue weighted by Gasteiger charge is -2.21. The number of nitrogens with one attached hydrogen (secondary N) is 1. The van der Waals surface area contributed by atoms with Crippen LogP contribution in [-0.2, 0) is 11.0 Å². The molecule has 0 bridgehead atoms. The minimum atomic E-state index is -4.55. The Kier molecular flexibility index (Phi) is 4.82. The number of amides is 1. The van der Waals surface area contributed by atoms with Gasteiger partial charge >= 0.3 is 6.18 Å². The molecule has 1 aromatic carbocycles. The molecule has 148 valence electrons. The van der Waals surface area contributed by atoms with Gasteiger partial charge in [-0.05, 0) is 31.0 Å². The number of carbonyl (C=O) groups excluding carboxylic acids is 1. The zero-order chi connectivity index (χ0) is 19.8. The average Bonchev–Trinajstić information content (AvgIpc) is 3.25. The van der Waals surface area contributed by atoms with Gasteiger partial charge in [0, 0.05) is 30.8 Å². The standard InChI is InChI=1S/C18H16F3N3O3S/c19-18(20,21)14-5-8-22-16(24-14)28-10-15(25)23-11-3-4-12-13(9-11)27-17(26-12)6-1-2-7-17/h3-5,8-9H,1-2,6-7,10H2,(H,23,25). The van der Waals surface area contributed by atoms with Crippen molar-refractivity contribution >= 4 is 23.4 Å². The quantitative estimate of drug-likeness (QED) is 0.599. The summed E-state index contributed by atoms with van der Waals surface area (Å²) in [6.45, 7) is 0. The van der Waals surface area contributed by atoms with Gasteiger partial charge in [-0.25, -0.2) is 9.97 Å². The summed E-state index contributed by atoms with van der Waals surface area (Å²) in [5, 5.41) is 2.58. The van der Waals surface area contributed by atoms with E-state index >= 15 is 0 Å². The molecule has 0 atom stereocenters. The summed E-state index contributed by atoms with van der Waals surface area (Å²) < 4.78 is 49.9. The van der Waals surface area contributed by atoms with E-state index in [-0.39, 0.29) is 16.8 Å². The third-order valence-electron chi connectivity index (χ3n) is 4.44. The fraction of sp³-hybridized carbons (Fsp3) is 0.389. The number of carbonyl (C=O) groups is 1. The second-order valence-electron chi connectivity index (χ2n) is 6.54. The zero-order valence-corrected chi connectivity index (χ0v) is 15.4. The Balaban J connectivity index is 1.35. The molecular formula is C18H16F3N3O3S. The van der Waals surface area contributed by atoms with E-state index < -0.39 is 17.7 Å². The number of halogens is 3. The maximum atomic E-state index is 12.7. The Morgan fingerprint density at radius 2 is 1.93 bits per heavy atom. The Morgan fingerprint density at radius 3 is 2.68 bits per heavy atom. The van der Waals surface area contributed by atoms with Crippen molar-refractivity contribution in [3.05, 3.63) is 36.2 Å². The van der Waals surface area contributed by atoms with Crippen LogP contribution in [0.2, 0.25) is 0 Å². The molecule has 1 spiro atoms. The highest BCUT2D eigenvalue weighted by atomic mass is 32.2. The second-order valence-corrected chi connectivity index (χ2v) is 7.48. The molecule has 2 aliphatic rings. The van der Waals surface area contributed by atoms with Gasteiger partial charge in [0.25, 0.3) is 5.79 Å². The molecule has 0 unspecified atom stereocenters. The van der Waals surface area contributed by atoms with Crippen LogP contribution in [0.5, 0.6) is 11.5 Å². The number of fused-ring (bicyclic) bond motifs is 1. The van der Waals surface area contributed by atoms with E-state index in [9.17, 15) is 18.0 Å². The van der Waals surface area contributed by atoms with Crippen molar-refractivity contribution in [2.75, 3.05) is 11.1 Å².